The highest BCUT2D eigenvalue weighted by Gasteiger charge is 2.43. The highest BCUT2D eigenvalue weighted by molar-refractivity contribution is 5.81. The Hall–Kier alpha value is -1.70. The SMILES string of the molecule is C=CC(=O)OC(C)(OCC)OC(C)(OCC)OC(=O)C=C. The van der Waals surface area contributed by atoms with Crippen LogP contribution in [0.5, 0.6) is 0 Å². The molecular weight excluding hydrogens is 280 g/mol. The number of carbonyl (C=O) groups excluding carboxylic acids is 2. The summed E-state index contributed by atoms with van der Waals surface area (Å²) in [6, 6.07) is 0. The monoisotopic (exact) mass is 302 g/mol. The molecule has 21 heavy (non-hydrogen) atoms. The first-order valence-electron chi connectivity index (χ1n) is 6.43. The number of carbonyl (C=O) groups is 2. The highest BCUT2D eigenvalue weighted by atomic mass is 17.0. The van der Waals surface area contributed by atoms with Crippen LogP contribution in [-0.4, -0.2) is 37.1 Å². The van der Waals surface area contributed by atoms with Crippen molar-refractivity contribution >= 4 is 11.9 Å². The largest absolute Gasteiger partial charge is 0.405 e. The topological polar surface area (TPSA) is 80.3 Å². The summed E-state index contributed by atoms with van der Waals surface area (Å²) in [4.78, 5) is 22.7. The summed E-state index contributed by atoms with van der Waals surface area (Å²) in [5.41, 5.74) is 0. The van der Waals surface area contributed by atoms with Gasteiger partial charge in [-0.15, -0.1) is 0 Å². The second-order valence-electron chi connectivity index (χ2n) is 3.94. The molecule has 0 aliphatic heterocycles. The fourth-order valence-electron chi connectivity index (χ4n) is 1.47. The first kappa shape index (κ1) is 19.3. The predicted molar refractivity (Wildman–Crippen MR) is 73.7 cm³/mol. The summed E-state index contributed by atoms with van der Waals surface area (Å²) in [7, 11) is 0. The van der Waals surface area contributed by atoms with Crippen LogP contribution < -0.4 is 0 Å². The zero-order valence-corrected chi connectivity index (χ0v) is 12.8. The van der Waals surface area contributed by atoms with Gasteiger partial charge in [0.15, 0.2) is 0 Å². The normalized spacial score (nSPS) is 16.2. The minimum atomic E-state index is -1.81. The summed E-state index contributed by atoms with van der Waals surface area (Å²) in [6.45, 7) is 13.0. The van der Waals surface area contributed by atoms with Crippen molar-refractivity contribution in [2.75, 3.05) is 13.2 Å². The van der Waals surface area contributed by atoms with Gasteiger partial charge in [0.25, 0.3) is 0 Å². The third kappa shape index (κ3) is 7.03. The molecule has 0 heterocycles. The Morgan fingerprint density at radius 2 is 1.24 bits per heavy atom. The van der Waals surface area contributed by atoms with E-state index in [-0.39, 0.29) is 13.2 Å². The summed E-state index contributed by atoms with van der Waals surface area (Å²) in [5.74, 6) is -5.16. The molecule has 7 nitrogen and oxygen atoms in total. The zero-order valence-electron chi connectivity index (χ0n) is 12.8. The lowest BCUT2D eigenvalue weighted by atomic mass is 10.5. The van der Waals surface area contributed by atoms with Crippen LogP contribution in [0.3, 0.4) is 0 Å². The van der Waals surface area contributed by atoms with Crippen molar-refractivity contribution in [3.05, 3.63) is 25.3 Å². The van der Waals surface area contributed by atoms with Gasteiger partial charge in [0.05, 0.1) is 13.2 Å². The maximum atomic E-state index is 11.4. The summed E-state index contributed by atoms with van der Waals surface area (Å²) in [5, 5.41) is 0. The molecule has 0 rings (SSSR count). The third-order valence-corrected chi connectivity index (χ3v) is 2.09. The number of hydrogen-bond donors (Lipinski definition) is 0. The van der Waals surface area contributed by atoms with Crippen LogP contribution in [0.15, 0.2) is 25.3 Å². The molecule has 0 aromatic rings. The Morgan fingerprint density at radius 3 is 1.48 bits per heavy atom. The van der Waals surface area contributed by atoms with Gasteiger partial charge in [-0.05, 0) is 13.8 Å². The predicted octanol–water partition coefficient (Wildman–Crippen LogP) is 1.88. The van der Waals surface area contributed by atoms with Crippen LogP contribution >= 0.6 is 0 Å². The quantitative estimate of drug-likeness (QED) is 0.346. The zero-order chi connectivity index (χ0) is 16.5. The first-order valence-corrected chi connectivity index (χ1v) is 6.43. The average molecular weight is 302 g/mol. The van der Waals surface area contributed by atoms with E-state index in [1.54, 1.807) is 13.8 Å². The fraction of sp³-hybridized carbons (Fsp3) is 0.571. The van der Waals surface area contributed by atoms with Crippen molar-refractivity contribution in [3.63, 3.8) is 0 Å². The Bertz CT molecular complexity index is 357. The van der Waals surface area contributed by atoms with E-state index < -0.39 is 23.9 Å². The van der Waals surface area contributed by atoms with E-state index in [1.807, 2.05) is 0 Å². The van der Waals surface area contributed by atoms with E-state index in [9.17, 15) is 9.59 Å². The van der Waals surface area contributed by atoms with E-state index in [2.05, 4.69) is 13.2 Å². The van der Waals surface area contributed by atoms with Gasteiger partial charge in [-0.3, -0.25) is 0 Å². The molecule has 2 unspecified atom stereocenters. The molecule has 0 amide bonds. The lowest BCUT2D eigenvalue weighted by molar-refractivity contribution is -0.470. The molecule has 0 aliphatic rings. The summed E-state index contributed by atoms with van der Waals surface area (Å²) >= 11 is 0. The second-order valence-corrected chi connectivity index (χ2v) is 3.94. The molecule has 0 saturated carbocycles. The average Bonchev–Trinajstić information content (AvgIpc) is 2.37. The van der Waals surface area contributed by atoms with Crippen LogP contribution in [0.25, 0.3) is 0 Å². The van der Waals surface area contributed by atoms with Crippen LogP contribution in [0.2, 0.25) is 0 Å². The molecule has 0 aromatic heterocycles. The molecule has 0 radical (unpaired) electrons. The van der Waals surface area contributed by atoms with Crippen molar-refractivity contribution in [2.24, 2.45) is 0 Å². The summed E-state index contributed by atoms with van der Waals surface area (Å²) in [6.07, 6.45) is 1.91. The molecule has 0 aliphatic carbocycles. The Balaban J connectivity index is 5.19. The van der Waals surface area contributed by atoms with Gasteiger partial charge in [0.1, 0.15) is 0 Å². The smallest absolute Gasteiger partial charge is 0.334 e. The van der Waals surface area contributed by atoms with Gasteiger partial charge in [0.2, 0.25) is 0 Å². The van der Waals surface area contributed by atoms with E-state index in [0.717, 1.165) is 12.2 Å². The Kier molecular flexibility index (Phi) is 7.86. The first-order chi connectivity index (χ1) is 9.74. The molecule has 0 aromatic carbocycles. The number of hydrogen-bond acceptors (Lipinski definition) is 7. The molecule has 7 heteroatoms. The van der Waals surface area contributed by atoms with Crippen LogP contribution in [0.1, 0.15) is 27.7 Å². The third-order valence-electron chi connectivity index (χ3n) is 2.09. The van der Waals surface area contributed by atoms with Crippen molar-refractivity contribution in [1.82, 2.24) is 0 Å². The standard InChI is InChI=1S/C14H22O7/c1-7-11(15)19-13(5,17-9-3)21-14(6,18-10-4)20-12(16)8-2/h7-8H,1-2,9-10H2,3-6H3. The number of ether oxygens (including phenoxy) is 5. The highest BCUT2D eigenvalue weighted by Crippen LogP contribution is 2.26. The van der Waals surface area contributed by atoms with Crippen LogP contribution in [-0.2, 0) is 33.3 Å². The lowest BCUT2D eigenvalue weighted by Gasteiger charge is -2.36. The molecular formula is C14H22O7. The fourth-order valence-corrected chi connectivity index (χ4v) is 1.47. The van der Waals surface area contributed by atoms with Gasteiger partial charge in [-0.2, -0.15) is 0 Å². The maximum Gasteiger partial charge on any atom is 0.334 e. The van der Waals surface area contributed by atoms with Crippen molar-refractivity contribution in [1.29, 1.82) is 0 Å². The minimum absolute atomic E-state index is 0.179. The van der Waals surface area contributed by atoms with Gasteiger partial charge in [-0.25, -0.2) is 14.3 Å². The molecule has 0 spiro atoms. The molecule has 0 saturated heterocycles. The molecule has 120 valence electrons. The number of rotatable bonds is 10. The molecule has 0 fully saturated rings. The Morgan fingerprint density at radius 1 is 0.905 bits per heavy atom. The van der Waals surface area contributed by atoms with Gasteiger partial charge in [-0.1, -0.05) is 13.2 Å². The minimum Gasteiger partial charge on any atom is -0.405 e. The maximum absolute atomic E-state index is 11.4. The van der Waals surface area contributed by atoms with E-state index in [1.165, 1.54) is 13.8 Å². The van der Waals surface area contributed by atoms with Crippen LogP contribution in [0, 0.1) is 0 Å². The molecule has 0 bridgehead atoms. The lowest BCUT2D eigenvalue weighted by Crippen LogP contribution is -2.49. The molecule has 0 N–H and O–H groups in total. The van der Waals surface area contributed by atoms with Crippen LogP contribution in [0.4, 0.5) is 0 Å². The van der Waals surface area contributed by atoms with E-state index in [0.29, 0.717) is 0 Å². The second kappa shape index (κ2) is 8.56. The van der Waals surface area contributed by atoms with E-state index in [4.69, 9.17) is 23.7 Å². The molecule has 2 atom stereocenters. The van der Waals surface area contributed by atoms with Crippen molar-refractivity contribution in [3.8, 4) is 0 Å². The number of esters is 2. The summed E-state index contributed by atoms with van der Waals surface area (Å²) < 4.78 is 25.9. The van der Waals surface area contributed by atoms with Gasteiger partial charge >= 0.3 is 23.9 Å². The van der Waals surface area contributed by atoms with E-state index >= 15 is 0 Å². The van der Waals surface area contributed by atoms with Gasteiger partial charge < -0.3 is 18.9 Å². The van der Waals surface area contributed by atoms with Crippen molar-refractivity contribution < 1.29 is 33.3 Å². The van der Waals surface area contributed by atoms with Crippen molar-refractivity contribution in [2.45, 2.75) is 39.6 Å². The van der Waals surface area contributed by atoms with Gasteiger partial charge in [0, 0.05) is 26.0 Å². The Labute approximate surface area is 124 Å².